The van der Waals surface area contributed by atoms with E-state index in [1.807, 2.05) is 6.07 Å². The third kappa shape index (κ3) is 4.76. The van der Waals surface area contributed by atoms with Crippen LogP contribution < -0.4 is 10.0 Å². The minimum Gasteiger partial charge on any atom is -0.354 e. The largest absolute Gasteiger partial charge is 0.354 e. The van der Waals surface area contributed by atoms with E-state index in [1.165, 1.54) is 20.9 Å². The summed E-state index contributed by atoms with van der Waals surface area (Å²) in [5, 5.41) is 11.0. The summed E-state index contributed by atoms with van der Waals surface area (Å²) in [4.78, 5) is 11.3. The summed E-state index contributed by atoms with van der Waals surface area (Å²) in [6.45, 7) is 2.93. The number of rotatable bonds is 5. The summed E-state index contributed by atoms with van der Waals surface area (Å²) >= 11 is 0. The molecule has 0 saturated heterocycles. The summed E-state index contributed by atoms with van der Waals surface area (Å²) < 4.78 is 24.1. The van der Waals surface area contributed by atoms with E-state index in [0.717, 1.165) is 0 Å². The molecule has 0 unspecified atom stereocenters. The molecule has 0 spiro atoms. The number of sulfonamides is 1. The maximum atomic E-state index is 11.3. The van der Waals surface area contributed by atoms with Crippen LogP contribution in [0.25, 0.3) is 0 Å². The highest BCUT2D eigenvalue weighted by Crippen LogP contribution is 2.12. The maximum absolute atomic E-state index is 11.3. The fraction of sp³-hybridized carbons (Fsp3) is 0.750. The van der Waals surface area contributed by atoms with Crippen molar-refractivity contribution in [1.82, 2.24) is 10.0 Å². The molecule has 0 aromatic rings. The van der Waals surface area contributed by atoms with Crippen molar-refractivity contribution in [1.29, 1.82) is 5.26 Å². The van der Waals surface area contributed by atoms with E-state index >= 15 is 0 Å². The molecule has 0 aliphatic heterocycles. The Morgan fingerprint density at radius 1 is 1.47 bits per heavy atom. The number of carbonyl (C=O) groups excluding carboxylic acids is 1. The lowest BCUT2D eigenvalue weighted by Gasteiger charge is -2.14. The molecule has 0 heterocycles. The van der Waals surface area contributed by atoms with Gasteiger partial charge in [-0.25, -0.2) is 13.1 Å². The Morgan fingerprint density at radius 2 is 2.00 bits per heavy atom. The molecule has 7 heteroatoms. The maximum Gasteiger partial charge on any atom is 0.239 e. The van der Waals surface area contributed by atoms with E-state index in [1.54, 1.807) is 0 Å². The molecule has 0 bridgehead atoms. The van der Waals surface area contributed by atoms with Crippen molar-refractivity contribution < 1.29 is 13.2 Å². The smallest absolute Gasteiger partial charge is 0.239 e. The van der Waals surface area contributed by atoms with Crippen molar-refractivity contribution >= 4 is 15.9 Å². The van der Waals surface area contributed by atoms with E-state index in [4.69, 9.17) is 5.26 Å². The average Bonchev–Trinajstić information content (AvgIpc) is 2.17. The number of hydrogen-bond donors (Lipinski definition) is 2. The first kappa shape index (κ1) is 13.9. The van der Waals surface area contributed by atoms with Gasteiger partial charge in [-0.1, -0.05) is 0 Å². The fourth-order valence-corrected chi connectivity index (χ4v) is 1.25. The summed E-state index contributed by atoms with van der Waals surface area (Å²) in [6.07, 6.45) is 0. The molecule has 0 aliphatic carbocycles. The zero-order chi connectivity index (χ0) is 12.1. The Balaban J connectivity index is 4.12. The van der Waals surface area contributed by atoms with Crippen LogP contribution in [0.4, 0.5) is 0 Å². The van der Waals surface area contributed by atoms with Crippen LogP contribution in [-0.4, -0.2) is 33.7 Å². The summed E-state index contributed by atoms with van der Waals surface area (Å²) in [5.41, 5.74) is -1.14. The molecule has 0 aliphatic rings. The zero-order valence-electron chi connectivity index (χ0n) is 8.99. The van der Waals surface area contributed by atoms with Crippen LogP contribution in [0.15, 0.2) is 0 Å². The van der Waals surface area contributed by atoms with Gasteiger partial charge in [-0.15, -0.1) is 0 Å². The second kappa shape index (κ2) is 5.09. The SMILES string of the molecule is CNS(=O)(=O)CCNC(=O)C(C)(C)C#N. The van der Waals surface area contributed by atoms with Crippen LogP contribution in [0.5, 0.6) is 0 Å². The molecule has 0 radical (unpaired) electrons. The van der Waals surface area contributed by atoms with Crippen LogP contribution in [-0.2, 0) is 14.8 Å². The number of carbonyl (C=O) groups is 1. The van der Waals surface area contributed by atoms with Crippen LogP contribution >= 0.6 is 0 Å². The first-order chi connectivity index (χ1) is 6.75. The van der Waals surface area contributed by atoms with Crippen molar-refractivity contribution in [2.24, 2.45) is 5.41 Å². The lowest BCUT2D eigenvalue weighted by atomic mass is 9.95. The van der Waals surface area contributed by atoms with Gasteiger partial charge in [-0.3, -0.25) is 4.79 Å². The Kier molecular flexibility index (Phi) is 4.71. The van der Waals surface area contributed by atoms with Gasteiger partial charge in [-0.05, 0) is 20.9 Å². The van der Waals surface area contributed by atoms with E-state index in [9.17, 15) is 13.2 Å². The predicted molar refractivity (Wildman–Crippen MR) is 55.3 cm³/mol. The Morgan fingerprint density at radius 3 is 2.40 bits per heavy atom. The number of nitrogens with zero attached hydrogens (tertiary/aromatic N) is 1. The van der Waals surface area contributed by atoms with Gasteiger partial charge in [0.1, 0.15) is 5.41 Å². The lowest BCUT2D eigenvalue weighted by molar-refractivity contribution is -0.126. The summed E-state index contributed by atoms with van der Waals surface area (Å²) in [7, 11) is -2.01. The second-order valence-corrected chi connectivity index (χ2v) is 5.56. The number of nitrogens with one attached hydrogen (secondary N) is 2. The second-order valence-electron chi connectivity index (χ2n) is 3.52. The minimum atomic E-state index is -3.32. The number of nitriles is 1. The molecular formula is C8H15N3O3S. The third-order valence-corrected chi connectivity index (χ3v) is 3.18. The summed E-state index contributed by atoms with van der Waals surface area (Å²) in [5.74, 6) is -0.673. The van der Waals surface area contributed by atoms with E-state index < -0.39 is 21.3 Å². The molecule has 0 saturated carbocycles. The monoisotopic (exact) mass is 233 g/mol. The van der Waals surface area contributed by atoms with Crippen molar-refractivity contribution in [2.45, 2.75) is 13.8 Å². The molecule has 0 fully saturated rings. The normalized spacial score (nSPS) is 11.9. The van der Waals surface area contributed by atoms with Gasteiger partial charge in [0, 0.05) is 6.54 Å². The molecule has 6 nitrogen and oxygen atoms in total. The Hall–Kier alpha value is -1.13. The molecule has 0 atom stereocenters. The molecule has 0 aromatic carbocycles. The highest BCUT2D eigenvalue weighted by molar-refractivity contribution is 7.89. The minimum absolute atomic E-state index is 0.00683. The number of amides is 1. The Bertz CT molecular complexity index is 367. The van der Waals surface area contributed by atoms with Crippen LogP contribution in [0.2, 0.25) is 0 Å². The third-order valence-electron chi connectivity index (χ3n) is 1.81. The quantitative estimate of drug-likeness (QED) is 0.649. The average molecular weight is 233 g/mol. The zero-order valence-corrected chi connectivity index (χ0v) is 9.81. The van der Waals surface area contributed by atoms with Gasteiger partial charge in [0.2, 0.25) is 15.9 Å². The lowest BCUT2D eigenvalue weighted by Crippen LogP contribution is -2.39. The molecule has 0 aromatic heterocycles. The van der Waals surface area contributed by atoms with Gasteiger partial charge in [0.05, 0.1) is 11.8 Å². The van der Waals surface area contributed by atoms with E-state index in [2.05, 4.69) is 10.0 Å². The van der Waals surface area contributed by atoms with Crippen molar-refractivity contribution in [3.8, 4) is 6.07 Å². The van der Waals surface area contributed by atoms with Gasteiger partial charge in [-0.2, -0.15) is 5.26 Å². The molecular weight excluding hydrogens is 218 g/mol. The first-order valence-electron chi connectivity index (χ1n) is 4.36. The standard InChI is InChI=1S/C8H15N3O3S/c1-8(2,6-9)7(12)11-4-5-15(13,14)10-3/h10H,4-5H2,1-3H3,(H,11,12). The molecule has 2 N–H and O–H groups in total. The van der Waals surface area contributed by atoms with E-state index in [-0.39, 0.29) is 12.3 Å². The van der Waals surface area contributed by atoms with Crippen molar-refractivity contribution in [3.63, 3.8) is 0 Å². The molecule has 1 amide bonds. The molecule has 0 rings (SSSR count). The molecule has 15 heavy (non-hydrogen) atoms. The van der Waals surface area contributed by atoms with Crippen molar-refractivity contribution in [2.75, 3.05) is 19.3 Å². The van der Waals surface area contributed by atoms with Gasteiger partial charge >= 0.3 is 0 Å². The first-order valence-corrected chi connectivity index (χ1v) is 6.01. The van der Waals surface area contributed by atoms with Gasteiger partial charge < -0.3 is 5.32 Å². The topological polar surface area (TPSA) is 99.1 Å². The van der Waals surface area contributed by atoms with Gasteiger partial charge in [0.25, 0.3) is 0 Å². The van der Waals surface area contributed by atoms with Crippen LogP contribution in [0.1, 0.15) is 13.8 Å². The highest BCUT2D eigenvalue weighted by Gasteiger charge is 2.26. The number of hydrogen-bond acceptors (Lipinski definition) is 4. The molecule has 86 valence electrons. The van der Waals surface area contributed by atoms with Crippen LogP contribution in [0.3, 0.4) is 0 Å². The Labute approximate surface area is 89.7 Å². The summed E-state index contributed by atoms with van der Waals surface area (Å²) in [6, 6.07) is 1.83. The highest BCUT2D eigenvalue weighted by atomic mass is 32.2. The van der Waals surface area contributed by atoms with Gasteiger partial charge in [0.15, 0.2) is 0 Å². The fourth-order valence-electron chi connectivity index (χ4n) is 0.673. The predicted octanol–water partition coefficient (Wildman–Crippen LogP) is -0.798. The van der Waals surface area contributed by atoms with Crippen molar-refractivity contribution in [3.05, 3.63) is 0 Å². The van der Waals surface area contributed by atoms with E-state index in [0.29, 0.717) is 0 Å². The van der Waals surface area contributed by atoms with Crippen LogP contribution in [0, 0.1) is 16.7 Å².